The molecule has 0 spiro atoms. The van der Waals surface area contributed by atoms with E-state index in [4.69, 9.17) is 18.9 Å². The molecule has 300 valence electrons. The monoisotopic (exact) mass is 779 g/mol. The molecule has 0 aliphatic carbocycles. The van der Waals surface area contributed by atoms with Gasteiger partial charge < -0.3 is 44.3 Å². The lowest BCUT2D eigenvalue weighted by molar-refractivity contribution is -0.136. The zero-order chi connectivity index (χ0) is 40.4. The van der Waals surface area contributed by atoms with Crippen LogP contribution in [0.4, 0.5) is 9.59 Å². The summed E-state index contributed by atoms with van der Waals surface area (Å²) in [5, 5.41) is 5.38. The van der Waals surface area contributed by atoms with E-state index in [0.29, 0.717) is 35.8 Å². The number of carbonyl (C=O) groups excluding carboxylic acids is 4. The van der Waals surface area contributed by atoms with Gasteiger partial charge in [-0.2, -0.15) is 0 Å². The summed E-state index contributed by atoms with van der Waals surface area (Å²) in [4.78, 5) is 75.6. The zero-order valence-corrected chi connectivity index (χ0v) is 33.0. The first-order valence-corrected chi connectivity index (χ1v) is 19.4. The Morgan fingerprint density at radius 2 is 1.19 bits per heavy atom. The van der Waals surface area contributed by atoms with Gasteiger partial charge in [-0.05, 0) is 54.7 Å². The van der Waals surface area contributed by atoms with Crippen LogP contribution in [-0.4, -0.2) is 98.1 Å². The Bertz CT molecular complexity index is 2240. The van der Waals surface area contributed by atoms with Crippen LogP contribution in [-0.2, 0) is 19.1 Å². The molecule has 5 aromatic rings. The molecule has 2 fully saturated rings. The van der Waals surface area contributed by atoms with Crippen molar-refractivity contribution in [1.82, 2.24) is 45.4 Å². The molecular weight excluding hydrogens is 731 g/mol. The number of rotatable bonds is 11. The number of imidazole rings is 2. The van der Waals surface area contributed by atoms with Gasteiger partial charge in [0.05, 0.1) is 50.1 Å². The standard InChI is InChI=1S/C41H49N9O7/c1-22(2)32(47-40(53)55-5)38(51)49-17-7-9-30(49)36-42-19-28(45-36)25-13-11-24(12-14-25)26-15-16-27(35-34(26)44-21-57-35)29-20-43-37(46-29)31-10-8-18-50(31)39(52)33(23(3)4)48-41(54)56-6/h11-16,19-23,30-33H,7-10,17-18H2,1-6H3,(H,42,45)(H,43,46)(H,47,53)(H,48,54). The Balaban J connectivity index is 1.07. The molecule has 4 unspecified atom stereocenters. The SMILES string of the molecule is COC(=O)NC(C(=O)N1CCCC1c1ncc(-c2ccc(-c3ccc(-c4cnc(C5CCCN5C(=O)C(NC(=O)OC)C(C)C)[nH]4)c4ocnc34)cc2)[nH]1)C(C)C. The van der Waals surface area contributed by atoms with Crippen LogP contribution in [0, 0.1) is 11.8 Å². The third-order valence-electron chi connectivity index (χ3n) is 11.0. The maximum absolute atomic E-state index is 13.6. The van der Waals surface area contributed by atoms with Crippen molar-refractivity contribution < 1.29 is 33.1 Å². The number of H-pyrrole nitrogens is 2. The molecule has 2 aliphatic rings. The smallest absolute Gasteiger partial charge is 0.407 e. The summed E-state index contributed by atoms with van der Waals surface area (Å²) in [5.41, 5.74) is 6.41. The lowest BCUT2D eigenvalue weighted by Gasteiger charge is -2.30. The molecule has 0 radical (unpaired) electrons. The van der Waals surface area contributed by atoms with E-state index in [9.17, 15) is 19.2 Å². The van der Waals surface area contributed by atoms with Gasteiger partial charge in [0.15, 0.2) is 12.0 Å². The van der Waals surface area contributed by atoms with Crippen molar-refractivity contribution in [2.24, 2.45) is 11.8 Å². The first-order valence-electron chi connectivity index (χ1n) is 19.4. The molecule has 0 saturated carbocycles. The predicted molar refractivity (Wildman–Crippen MR) is 210 cm³/mol. The molecule has 2 saturated heterocycles. The number of oxazole rings is 1. The second-order valence-corrected chi connectivity index (χ2v) is 15.2. The van der Waals surface area contributed by atoms with Gasteiger partial charge in [0.2, 0.25) is 11.8 Å². The molecule has 0 bridgehead atoms. The van der Waals surface area contributed by atoms with Crippen LogP contribution in [0.15, 0.2) is 59.6 Å². The fourth-order valence-electron chi connectivity index (χ4n) is 7.91. The minimum atomic E-state index is -0.720. The van der Waals surface area contributed by atoms with Crippen LogP contribution in [0.5, 0.6) is 0 Å². The largest absolute Gasteiger partial charge is 0.453 e. The number of aromatic nitrogens is 5. The summed E-state index contributed by atoms with van der Waals surface area (Å²) in [6, 6.07) is 10.1. The Labute approximate surface area is 330 Å². The van der Waals surface area contributed by atoms with E-state index in [0.717, 1.165) is 59.3 Å². The highest BCUT2D eigenvalue weighted by Gasteiger charge is 2.39. The minimum Gasteiger partial charge on any atom is -0.453 e. The average Bonchev–Trinajstić information content (AvgIpc) is 4.07. The van der Waals surface area contributed by atoms with Crippen LogP contribution in [0.2, 0.25) is 0 Å². The molecule has 16 heteroatoms. The van der Waals surface area contributed by atoms with Crippen molar-refractivity contribution in [2.75, 3.05) is 27.3 Å². The lowest BCUT2D eigenvalue weighted by Crippen LogP contribution is -2.51. The summed E-state index contributed by atoms with van der Waals surface area (Å²) in [6.07, 6.45) is 6.82. The van der Waals surface area contributed by atoms with Gasteiger partial charge in [-0.1, -0.05) is 58.0 Å². The molecule has 16 nitrogen and oxygen atoms in total. The molecule has 4 atom stereocenters. The highest BCUT2D eigenvalue weighted by molar-refractivity contribution is 5.99. The van der Waals surface area contributed by atoms with Gasteiger partial charge in [0, 0.05) is 24.2 Å². The van der Waals surface area contributed by atoms with E-state index >= 15 is 0 Å². The molecular formula is C41H49N9O7. The Morgan fingerprint density at radius 3 is 1.72 bits per heavy atom. The van der Waals surface area contributed by atoms with Crippen LogP contribution in [0.1, 0.15) is 77.1 Å². The minimum absolute atomic E-state index is 0.119. The van der Waals surface area contributed by atoms with Crippen molar-refractivity contribution >= 4 is 35.1 Å². The maximum atomic E-state index is 13.6. The number of nitrogens with zero attached hydrogens (tertiary/aromatic N) is 5. The van der Waals surface area contributed by atoms with Crippen LogP contribution < -0.4 is 10.6 Å². The summed E-state index contributed by atoms with van der Waals surface area (Å²) in [6.45, 7) is 8.70. The third kappa shape index (κ3) is 7.80. The van der Waals surface area contributed by atoms with Gasteiger partial charge in [-0.3, -0.25) is 9.59 Å². The van der Waals surface area contributed by atoms with Crippen molar-refractivity contribution in [3.05, 3.63) is 66.8 Å². The fraction of sp³-hybridized carbons (Fsp3) is 0.439. The number of alkyl carbamates (subject to hydrolysis) is 2. The van der Waals surface area contributed by atoms with Crippen molar-refractivity contribution in [2.45, 2.75) is 77.5 Å². The Kier molecular flexibility index (Phi) is 11.3. The molecule has 2 aromatic carbocycles. The zero-order valence-electron chi connectivity index (χ0n) is 33.0. The molecule has 5 heterocycles. The molecule has 4 N–H and O–H groups in total. The highest BCUT2D eigenvalue weighted by atomic mass is 16.5. The summed E-state index contributed by atoms with van der Waals surface area (Å²) >= 11 is 0. The number of likely N-dealkylation sites (tertiary alicyclic amines) is 2. The summed E-state index contributed by atoms with van der Waals surface area (Å²) in [7, 11) is 2.56. The van der Waals surface area contributed by atoms with Gasteiger partial charge in [0.25, 0.3) is 0 Å². The summed E-state index contributed by atoms with van der Waals surface area (Å²) < 4.78 is 15.5. The van der Waals surface area contributed by atoms with Crippen LogP contribution in [0.3, 0.4) is 0 Å². The van der Waals surface area contributed by atoms with E-state index in [1.807, 2.05) is 64.1 Å². The number of aromatic amines is 2. The molecule has 7 rings (SSSR count). The van der Waals surface area contributed by atoms with Gasteiger partial charge in [0.1, 0.15) is 29.2 Å². The summed E-state index contributed by atoms with van der Waals surface area (Å²) in [5.74, 6) is 0.781. The van der Waals surface area contributed by atoms with Crippen LogP contribution >= 0.6 is 0 Å². The first kappa shape index (κ1) is 39.1. The van der Waals surface area contributed by atoms with E-state index in [2.05, 4.69) is 30.6 Å². The third-order valence-corrected chi connectivity index (χ3v) is 11.0. The topological polar surface area (TPSA) is 201 Å². The first-order chi connectivity index (χ1) is 27.5. The second kappa shape index (κ2) is 16.5. The van der Waals surface area contributed by atoms with Gasteiger partial charge in [-0.25, -0.2) is 24.5 Å². The highest BCUT2D eigenvalue weighted by Crippen LogP contribution is 2.38. The van der Waals surface area contributed by atoms with Crippen molar-refractivity contribution in [1.29, 1.82) is 0 Å². The number of nitrogens with one attached hydrogen (secondary N) is 4. The Hall–Kier alpha value is -6.19. The number of benzene rings is 2. The molecule has 2 aliphatic heterocycles. The quantitative estimate of drug-likeness (QED) is 0.117. The maximum Gasteiger partial charge on any atom is 0.407 e. The molecule has 4 amide bonds. The number of ether oxygens (including phenoxy) is 2. The fourth-order valence-corrected chi connectivity index (χ4v) is 7.91. The average molecular weight is 780 g/mol. The normalized spacial score (nSPS) is 18.0. The van der Waals surface area contributed by atoms with E-state index in [1.54, 1.807) is 22.2 Å². The lowest BCUT2D eigenvalue weighted by atomic mass is 9.99. The number of methoxy groups -OCH3 is 2. The van der Waals surface area contributed by atoms with Gasteiger partial charge in [-0.15, -0.1) is 0 Å². The molecule has 3 aromatic heterocycles. The van der Waals surface area contributed by atoms with E-state index < -0.39 is 24.3 Å². The van der Waals surface area contributed by atoms with E-state index in [-0.39, 0.29) is 35.7 Å². The number of fused-ring (bicyclic) bond motifs is 1. The number of carbonyl (C=O) groups is 4. The Morgan fingerprint density at radius 1 is 0.702 bits per heavy atom. The van der Waals surface area contributed by atoms with Crippen molar-refractivity contribution in [3.8, 4) is 33.6 Å². The molecule has 57 heavy (non-hydrogen) atoms. The van der Waals surface area contributed by atoms with E-state index in [1.165, 1.54) is 20.6 Å². The predicted octanol–water partition coefficient (Wildman–Crippen LogP) is 6.36. The number of hydrogen-bond acceptors (Lipinski definition) is 10. The van der Waals surface area contributed by atoms with Gasteiger partial charge >= 0.3 is 12.2 Å². The van der Waals surface area contributed by atoms with Crippen LogP contribution in [0.25, 0.3) is 44.7 Å². The number of amides is 4. The second-order valence-electron chi connectivity index (χ2n) is 15.2. The number of hydrogen-bond donors (Lipinski definition) is 4. The van der Waals surface area contributed by atoms with Crippen molar-refractivity contribution in [3.63, 3.8) is 0 Å².